The maximum absolute atomic E-state index is 12.1. The van der Waals surface area contributed by atoms with Crippen LogP contribution in [-0.4, -0.2) is 32.8 Å². The van der Waals surface area contributed by atoms with E-state index in [1.807, 2.05) is 56.3 Å². The highest BCUT2D eigenvalue weighted by Crippen LogP contribution is 2.27. The lowest BCUT2D eigenvalue weighted by molar-refractivity contribution is -0.116. The van der Waals surface area contributed by atoms with Crippen LogP contribution < -0.4 is 24.8 Å². The van der Waals surface area contributed by atoms with Crippen LogP contribution in [0.5, 0.6) is 17.2 Å². The number of carbonyl (C=O) groups excluding carboxylic acids is 1. The molecule has 6 nitrogen and oxygen atoms in total. The van der Waals surface area contributed by atoms with Gasteiger partial charge in [-0.1, -0.05) is 6.07 Å². The fraction of sp³-hybridized carbons (Fsp3) is 0.381. The Morgan fingerprint density at radius 3 is 2.33 bits per heavy atom. The normalized spacial score (nSPS) is 10.6. The lowest BCUT2D eigenvalue weighted by atomic mass is 10.2. The van der Waals surface area contributed by atoms with Crippen molar-refractivity contribution in [3.8, 4) is 17.2 Å². The number of carbonyl (C=O) groups is 1. The monoisotopic (exact) mass is 372 g/mol. The maximum Gasteiger partial charge on any atom is 0.225 e. The minimum atomic E-state index is -0.0349. The summed E-state index contributed by atoms with van der Waals surface area (Å²) in [6, 6.07) is 13.1. The van der Waals surface area contributed by atoms with Crippen molar-refractivity contribution < 1.29 is 19.0 Å². The maximum atomic E-state index is 12.1. The summed E-state index contributed by atoms with van der Waals surface area (Å²) in [5, 5.41) is 6.14. The fourth-order valence-electron chi connectivity index (χ4n) is 2.54. The Morgan fingerprint density at radius 1 is 1.00 bits per heavy atom. The zero-order valence-electron chi connectivity index (χ0n) is 16.4. The van der Waals surface area contributed by atoms with Gasteiger partial charge >= 0.3 is 0 Å². The molecule has 1 amide bonds. The highest BCUT2D eigenvalue weighted by molar-refractivity contribution is 5.90. The SMILES string of the molecule is COc1ccc(CNCCC(=O)Nc2ccc(OC(C)C)cc2)cc1OC. The summed E-state index contributed by atoms with van der Waals surface area (Å²) in [4.78, 5) is 12.1. The number of nitrogens with one attached hydrogen (secondary N) is 2. The summed E-state index contributed by atoms with van der Waals surface area (Å²) < 4.78 is 16.1. The predicted molar refractivity (Wildman–Crippen MR) is 107 cm³/mol. The molecule has 0 spiro atoms. The summed E-state index contributed by atoms with van der Waals surface area (Å²) >= 11 is 0. The zero-order chi connectivity index (χ0) is 19.6. The Hall–Kier alpha value is -2.73. The number of ether oxygens (including phenoxy) is 3. The van der Waals surface area contributed by atoms with Crippen LogP contribution in [0.3, 0.4) is 0 Å². The standard InChI is InChI=1S/C21H28N2O4/c1-15(2)27-18-8-6-17(7-9-18)23-21(24)11-12-22-14-16-5-10-19(25-3)20(13-16)26-4/h5-10,13,15,22H,11-12,14H2,1-4H3,(H,23,24). The molecule has 0 aliphatic carbocycles. The van der Waals surface area contributed by atoms with Crippen LogP contribution in [0, 0.1) is 0 Å². The van der Waals surface area contributed by atoms with Crippen LogP contribution in [0.25, 0.3) is 0 Å². The zero-order valence-corrected chi connectivity index (χ0v) is 16.4. The van der Waals surface area contributed by atoms with E-state index in [-0.39, 0.29) is 12.0 Å². The van der Waals surface area contributed by atoms with Crippen molar-refractivity contribution in [2.45, 2.75) is 32.9 Å². The third-order valence-corrected chi connectivity index (χ3v) is 3.82. The van der Waals surface area contributed by atoms with Crippen molar-refractivity contribution in [3.63, 3.8) is 0 Å². The second-order valence-corrected chi connectivity index (χ2v) is 6.36. The van der Waals surface area contributed by atoms with Gasteiger partial charge in [-0.15, -0.1) is 0 Å². The molecule has 0 atom stereocenters. The first kappa shape index (κ1) is 20.6. The number of rotatable bonds is 10. The Labute approximate surface area is 160 Å². The molecule has 0 aliphatic rings. The lowest BCUT2D eigenvalue weighted by Crippen LogP contribution is -2.21. The number of benzene rings is 2. The Balaban J connectivity index is 1.73. The molecule has 146 valence electrons. The molecule has 6 heteroatoms. The van der Waals surface area contributed by atoms with Gasteiger partial charge in [-0.3, -0.25) is 4.79 Å². The highest BCUT2D eigenvalue weighted by atomic mass is 16.5. The van der Waals surface area contributed by atoms with Crippen molar-refractivity contribution in [1.82, 2.24) is 5.32 Å². The van der Waals surface area contributed by atoms with Crippen LogP contribution in [0.2, 0.25) is 0 Å². The average molecular weight is 372 g/mol. The van der Waals surface area contributed by atoms with Crippen LogP contribution in [0.15, 0.2) is 42.5 Å². The number of anilines is 1. The molecule has 0 aromatic heterocycles. The molecule has 0 fully saturated rings. The van der Waals surface area contributed by atoms with E-state index >= 15 is 0 Å². The molecule has 0 bridgehead atoms. The predicted octanol–water partition coefficient (Wildman–Crippen LogP) is 3.61. The molecule has 0 unspecified atom stereocenters. The van der Waals surface area contributed by atoms with Gasteiger partial charge in [-0.2, -0.15) is 0 Å². The minimum absolute atomic E-state index is 0.0349. The molecule has 0 radical (unpaired) electrons. The molecule has 0 aliphatic heterocycles. The van der Waals surface area contributed by atoms with Gasteiger partial charge in [0, 0.05) is 25.2 Å². The van der Waals surface area contributed by atoms with Crippen molar-refractivity contribution >= 4 is 11.6 Å². The van der Waals surface area contributed by atoms with E-state index in [4.69, 9.17) is 14.2 Å². The Kier molecular flexibility index (Phi) is 7.95. The molecule has 27 heavy (non-hydrogen) atoms. The van der Waals surface area contributed by atoms with Gasteiger partial charge in [0.1, 0.15) is 5.75 Å². The Morgan fingerprint density at radius 2 is 1.70 bits per heavy atom. The molecule has 0 saturated heterocycles. The van der Waals surface area contributed by atoms with E-state index in [0.717, 1.165) is 17.0 Å². The first-order valence-corrected chi connectivity index (χ1v) is 9.00. The number of methoxy groups -OCH3 is 2. The summed E-state index contributed by atoms with van der Waals surface area (Å²) in [5.74, 6) is 2.15. The molecule has 2 rings (SSSR count). The van der Waals surface area contributed by atoms with Gasteiger partial charge in [0.05, 0.1) is 20.3 Å². The van der Waals surface area contributed by atoms with Gasteiger partial charge in [-0.05, 0) is 55.8 Å². The third kappa shape index (κ3) is 6.83. The largest absolute Gasteiger partial charge is 0.493 e. The molecule has 0 heterocycles. The Bertz CT molecular complexity index is 729. The summed E-state index contributed by atoms with van der Waals surface area (Å²) in [6.45, 7) is 5.18. The first-order chi connectivity index (χ1) is 13.0. The van der Waals surface area contributed by atoms with Crippen LogP contribution in [-0.2, 0) is 11.3 Å². The van der Waals surface area contributed by atoms with Gasteiger partial charge in [0.25, 0.3) is 0 Å². The number of amides is 1. The number of hydrogen-bond donors (Lipinski definition) is 2. The second kappa shape index (κ2) is 10.4. The van der Waals surface area contributed by atoms with Crippen LogP contribution in [0.1, 0.15) is 25.8 Å². The van der Waals surface area contributed by atoms with Crippen molar-refractivity contribution in [1.29, 1.82) is 0 Å². The van der Waals surface area contributed by atoms with Crippen molar-refractivity contribution in [2.24, 2.45) is 0 Å². The van der Waals surface area contributed by atoms with Crippen molar-refractivity contribution in [2.75, 3.05) is 26.1 Å². The van der Waals surface area contributed by atoms with Crippen LogP contribution in [0.4, 0.5) is 5.69 Å². The van der Waals surface area contributed by atoms with Crippen LogP contribution >= 0.6 is 0 Å². The van der Waals surface area contributed by atoms with E-state index in [1.165, 1.54) is 0 Å². The summed E-state index contributed by atoms with van der Waals surface area (Å²) in [7, 11) is 3.22. The molecular formula is C21H28N2O4. The summed E-state index contributed by atoms with van der Waals surface area (Å²) in [6.07, 6.45) is 0.513. The number of hydrogen-bond acceptors (Lipinski definition) is 5. The van der Waals surface area contributed by atoms with Gasteiger partial charge in [0.2, 0.25) is 5.91 Å². The van der Waals surface area contributed by atoms with Gasteiger partial charge < -0.3 is 24.8 Å². The molecule has 2 N–H and O–H groups in total. The molecular weight excluding hydrogens is 344 g/mol. The highest BCUT2D eigenvalue weighted by Gasteiger charge is 2.06. The summed E-state index contributed by atoms with van der Waals surface area (Å²) in [5.41, 5.74) is 1.82. The van der Waals surface area contributed by atoms with Gasteiger partial charge in [0.15, 0.2) is 11.5 Å². The quantitative estimate of drug-likeness (QED) is 0.624. The second-order valence-electron chi connectivity index (χ2n) is 6.36. The van der Waals surface area contributed by atoms with E-state index in [0.29, 0.717) is 31.0 Å². The average Bonchev–Trinajstić information content (AvgIpc) is 2.66. The van der Waals surface area contributed by atoms with E-state index in [1.54, 1.807) is 14.2 Å². The molecule has 2 aromatic rings. The smallest absolute Gasteiger partial charge is 0.225 e. The molecule has 0 saturated carbocycles. The first-order valence-electron chi connectivity index (χ1n) is 9.00. The molecule has 2 aromatic carbocycles. The minimum Gasteiger partial charge on any atom is -0.493 e. The van der Waals surface area contributed by atoms with E-state index in [9.17, 15) is 4.79 Å². The van der Waals surface area contributed by atoms with E-state index in [2.05, 4.69) is 10.6 Å². The van der Waals surface area contributed by atoms with E-state index < -0.39 is 0 Å². The van der Waals surface area contributed by atoms with Crippen molar-refractivity contribution in [3.05, 3.63) is 48.0 Å². The van der Waals surface area contributed by atoms with Gasteiger partial charge in [-0.25, -0.2) is 0 Å². The lowest BCUT2D eigenvalue weighted by Gasteiger charge is -2.11. The topological polar surface area (TPSA) is 68.8 Å². The third-order valence-electron chi connectivity index (χ3n) is 3.82. The fourth-order valence-corrected chi connectivity index (χ4v) is 2.54.